The molecule has 0 atom stereocenters. The quantitative estimate of drug-likeness (QED) is 0.822. The zero-order chi connectivity index (χ0) is 13.1. The molecule has 0 unspecified atom stereocenters. The first-order valence-electron chi connectivity index (χ1n) is 5.48. The van der Waals surface area contributed by atoms with Crippen LogP contribution in [0.1, 0.15) is 11.4 Å². The highest BCUT2D eigenvalue weighted by Crippen LogP contribution is 2.24. The molecule has 0 aliphatic rings. The molecule has 3 nitrogen and oxygen atoms in total. The number of nitrogens with two attached hydrogens (primary N) is 1. The Balaban J connectivity index is 2.18. The van der Waals surface area contributed by atoms with Crippen molar-refractivity contribution in [1.82, 2.24) is 4.98 Å². The third-order valence-electron chi connectivity index (χ3n) is 2.52. The smallest absolute Gasteiger partial charge is 0.183 e. The minimum atomic E-state index is -0.970. The van der Waals surface area contributed by atoms with Crippen LogP contribution in [-0.2, 0) is 6.54 Å². The van der Waals surface area contributed by atoms with Gasteiger partial charge in [-0.05, 0) is 31.2 Å². The van der Waals surface area contributed by atoms with Crippen LogP contribution in [0.3, 0.4) is 0 Å². The van der Waals surface area contributed by atoms with E-state index in [9.17, 15) is 8.78 Å². The highest BCUT2D eigenvalue weighted by molar-refractivity contribution is 5.66. The maximum Gasteiger partial charge on any atom is 0.183 e. The summed E-state index contributed by atoms with van der Waals surface area (Å²) in [5.74, 6) is -1.90. The van der Waals surface area contributed by atoms with Crippen molar-refractivity contribution in [2.45, 2.75) is 13.5 Å². The molecule has 2 aromatic rings. The molecule has 0 saturated heterocycles. The van der Waals surface area contributed by atoms with Crippen molar-refractivity contribution >= 4 is 11.4 Å². The summed E-state index contributed by atoms with van der Waals surface area (Å²) in [5.41, 5.74) is 7.33. The van der Waals surface area contributed by atoms with Gasteiger partial charge in [-0.3, -0.25) is 4.98 Å². The van der Waals surface area contributed by atoms with Crippen LogP contribution in [0.15, 0.2) is 30.3 Å². The molecule has 0 spiro atoms. The Labute approximate surface area is 104 Å². The molecule has 0 saturated carbocycles. The number of rotatable bonds is 3. The lowest BCUT2D eigenvalue weighted by atomic mass is 10.2. The number of pyridine rings is 1. The molecule has 94 valence electrons. The number of aromatic nitrogens is 1. The average molecular weight is 249 g/mol. The summed E-state index contributed by atoms with van der Waals surface area (Å²) in [5, 5.41) is 2.76. The van der Waals surface area contributed by atoms with Crippen molar-refractivity contribution in [3.8, 4) is 0 Å². The van der Waals surface area contributed by atoms with Crippen LogP contribution in [0, 0.1) is 18.6 Å². The fourth-order valence-electron chi connectivity index (χ4n) is 1.62. The third kappa shape index (κ3) is 2.56. The number of halogens is 2. The van der Waals surface area contributed by atoms with Gasteiger partial charge in [-0.25, -0.2) is 8.78 Å². The molecule has 0 aliphatic carbocycles. The number of hydrogen-bond donors (Lipinski definition) is 2. The molecule has 18 heavy (non-hydrogen) atoms. The molecular formula is C13H13F2N3. The molecule has 0 amide bonds. The molecule has 3 N–H and O–H groups in total. The number of anilines is 2. The number of nitrogens with zero attached hydrogens (tertiary/aromatic N) is 1. The second-order valence-corrected chi connectivity index (χ2v) is 3.95. The maximum atomic E-state index is 13.5. The lowest BCUT2D eigenvalue weighted by Crippen LogP contribution is -2.07. The zero-order valence-electron chi connectivity index (χ0n) is 9.87. The first kappa shape index (κ1) is 12.3. The molecule has 1 aromatic heterocycles. The largest absolute Gasteiger partial charge is 0.397 e. The first-order chi connectivity index (χ1) is 8.58. The molecule has 2 rings (SSSR count). The van der Waals surface area contributed by atoms with Gasteiger partial charge in [0.15, 0.2) is 11.6 Å². The van der Waals surface area contributed by atoms with Crippen LogP contribution in [0.4, 0.5) is 20.2 Å². The maximum absolute atomic E-state index is 13.5. The van der Waals surface area contributed by atoms with E-state index in [0.29, 0.717) is 0 Å². The predicted molar refractivity (Wildman–Crippen MR) is 67.1 cm³/mol. The van der Waals surface area contributed by atoms with Gasteiger partial charge in [-0.2, -0.15) is 0 Å². The molecule has 1 heterocycles. The van der Waals surface area contributed by atoms with Crippen LogP contribution in [0.25, 0.3) is 0 Å². The summed E-state index contributed by atoms with van der Waals surface area (Å²) in [6.45, 7) is 2.15. The summed E-state index contributed by atoms with van der Waals surface area (Å²) >= 11 is 0. The normalized spacial score (nSPS) is 10.4. The topological polar surface area (TPSA) is 50.9 Å². The van der Waals surface area contributed by atoms with Crippen molar-refractivity contribution in [2.24, 2.45) is 0 Å². The number of benzene rings is 1. The fraction of sp³-hybridized carbons (Fsp3) is 0.154. The second kappa shape index (κ2) is 5.00. The van der Waals surface area contributed by atoms with E-state index in [0.717, 1.165) is 17.5 Å². The van der Waals surface area contributed by atoms with E-state index >= 15 is 0 Å². The van der Waals surface area contributed by atoms with E-state index in [4.69, 9.17) is 5.73 Å². The van der Waals surface area contributed by atoms with Gasteiger partial charge in [0, 0.05) is 5.69 Å². The van der Waals surface area contributed by atoms with E-state index in [1.54, 1.807) is 6.07 Å². The second-order valence-electron chi connectivity index (χ2n) is 3.95. The summed E-state index contributed by atoms with van der Waals surface area (Å²) in [6.07, 6.45) is 0. The lowest BCUT2D eigenvalue weighted by Gasteiger charge is -2.10. The van der Waals surface area contributed by atoms with Crippen molar-refractivity contribution in [1.29, 1.82) is 0 Å². The van der Waals surface area contributed by atoms with Gasteiger partial charge in [-0.15, -0.1) is 0 Å². The van der Waals surface area contributed by atoms with E-state index in [-0.39, 0.29) is 17.9 Å². The Morgan fingerprint density at radius 2 is 2.00 bits per heavy atom. The van der Waals surface area contributed by atoms with Crippen LogP contribution in [0.2, 0.25) is 0 Å². The van der Waals surface area contributed by atoms with Gasteiger partial charge in [0.2, 0.25) is 0 Å². The summed E-state index contributed by atoms with van der Waals surface area (Å²) in [4.78, 5) is 4.25. The highest BCUT2D eigenvalue weighted by atomic mass is 19.2. The Morgan fingerprint density at radius 3 is 2.72 bits per heavy atom. The van der Waals surface area contributed by atoms with Crippen molar-refractivity contribution in [3.63, 3.8) is 0 Å². The number of hydrogen-bond acceptors (Lipinski definition) is 3. The number of nitrogens with one attached hydrogen (secondary N) is 1. The average Bonchev–Trinajstić information content (AvgIpc) is 2.34. The van der Waals surface area contributed by atoms with Gasteiger partial charge >= 0.3 is 0 Å². The van der Waals surface area contributed by atoms with Crippen LogP contribution in [0.5, 0.6) is 0 Å². The SMILES string of the molecule is Cc1cccc(CNc2c(N)ccc(F)c2F)n1. The van der Waals surface area contributed by atoms with Gasteiger partial charge in [0.25, 0.3) is 0 Å². The molecule has 0 aliphatic heterocycles. The van der Waals surface area contributed by atoms with Crippen molar-refractivity contribution < 1.29 is 8.78 Å². The van der Waals surface area contributed by atoms with E-state index in [1.165, 1.54) is 6.07 Å². The van der Waals surface area contributed by atoms with E-state index in [2.05, 4.69) is 10.3 Å². The fourth-order valence-corrected chi connectivity index (χ4v) is 1.62. The van der Waals surface area contributed by atoms with Crippen molar-refractivity contribution in [2.75, 3.05) is 11.1 Å². The predicted octanol–water partition coefficient (Wildman–Crippen LogP) is 2.86. The molecule has 0 radical (unpaired) electrons. The first-order valence-corrected chi connectivity index (χ1v) is 5.48. The van der Waals surface area contributed by atoms with Crippen LogP contribution >= 0.6 is 0 Å². The van der Waals surface area contributed by atoms with Gasteiger partial charge in [0.05, 0.1) is 23.6 Å². The standard InChI is InChI=1S/C13H13F2N3/c1-8-3-2-4-9(18-8)7-17-13-11(16)6-5-10(14)12(13)15/h2-6,17H,7,16H2,1H3. The number of nitrogen functional groups attached to an aromatic ring is 1. The molecule has 5 heteroatoms. The Hall–Kier alpha value is -2.17. The monoisotopic (exact) mass is 249 g/mol. The van der Waals surface area contributed by atoms with E-state index in [1.807, 2.05) is 19.1 Å². The Morgan fingerprint density at radius 1 is 1.22 bits per heavy atom. The van der Waals surface area contributed by atoms with Gasteiger partial charge < -0.3 is 11.1 Å². The Bertz CT molecular complexity index is 570. The van der Waals surface area contributed by atoms with Gasteiger partial charge in [-0.1, -0.05) is 6.07 Å². The minimum Gasteiger partial charge on any atom is -0.397 e. The van der Waals surface area contributed by atoms with Gasteiger partial charge in [0.1, 0.15) is 0 Å². The highest BCUT2D eigenvalue weighted by Gasteiger charge is 2.11. The summed E-state index contributed by atoms with van der Waals surface area (Å²) in [6, 6.07) is 7.84. The third-order valence-corrected chi connectivity index (χ3v) is 2.52. The molecule has 0 bridgehead atoms. The molecule has 0 fully saturated rings. The number of aryl methyl sites for hydroxylation is 1. The van der Waals surface area contributed by atoms with E-state index < -0.39 is 11.6 Å². The van der Waals surface area contributed by atoms with Crippen LogP contribution < -0.4 is 11.1 Å². The lowest BCUT2D eigenvalue weighted by molar-refractivity contribution is 0.511. The molecular weight excluding hydrogens is 236 g/mol. The summed E-state index contributed by atoms with van der Waals surface area (Å²) in [7, 11) is 0. The van der Waals surface area contributed by atoms with Crippen LogP contribution in [-0.4, -0.2) is 4.98 Å². The Kier molecular flexibility index (Phi) is 3.41. The van der Waals surface area contributed by atoms with Crippen molar-refractivity contribution in [3.05, 3.63) is 53.4 Å². The molecule has 1 aromatic carbocycles. The minimum absolute atomic E-state index is 0.0293. The zero-order valence-corrected chi connectivity index (χ0v) is 9.87. The summed E-state index contributed by atoms with van der Waals surface area (Å²) < 4.78 is 26.6.